The van der Waals surface area contributed by atoms with Crippen LogP contribution in [-0.2, 0) is 14.8 Å². The molecule has 1 aliphatic carbocycles. The van der Waals surface area contributed by atoms with Gasteiger partial charge in [-0.2, -0.15) is 4.31 Å². The average molecular weight is 401 g/mol. The molecule has 1 amide bonds. The maximum Gasteiger partial charge on any atom is 0.243 e. The van der Waals surface area contributed by atoms with Gasteiger partial charge in [0, 0.05) is 25.1 Å². The second kappa shape index (κ2) is 7.89. The van der Waals surface area contributed by atoms with E-state index >= 15 is 0 Å². The van der Waals surface area contributed by atoms with E-state index in [9.17, 15) is 13.2 Å². The fourth-order valence-electron chi connectivity index (χ4n) is 3.22. The molecule has 1 N–H and O–H groups in total. The van der Waals surface area contributed by atoms with Gasteiger partial charge in [-0.15, -0.1) is 0 Å². The number of amides is 1. The van der Waals surface area contributed by atoms with E-state index in [0.29, 0.717) is 42.4 Å². The number of anilines is 1. The van der Waals surface area contributed by atoms with Crippen molar-refractivity contribution >= 4 is 21.6 Å². The van der Waals surface area contributed by atoms with Crippen molar-refractivity contribution in [3.05, 3.63) is 48.7 Å². The first-order valence-electron chi connectivity index (χ1n) is 9.51. The first-order chi connectivity index (χ1) is 13.5. The SMILES string of the molecule is O=C(Nc1ccc(OC2CCN(S(=O)(=O)c3ccccc3)CC2)nc1)C1CC1. The number of benzene rings is 1. The van der Waals surface area contributed by atoms with E-state index in [4.69, 9.17) is 4.74 Å². The second-order valence-corrected chi connectivity index (χ2v) is 9.12. The number of nitrogens with one attached hydrogen (secondary N) is 1. The molecule has 1 saturated heterocycles. The van der Waals surface area contributed by atoms with Gasteiger partial charge in [0.05, 0.1) is 16.8 Å². The van der Waals surface area contributed by atoms with Crippen LogP contribution in [-0.4, -0.2) is 42.8 Å². The Kier molecular flexibility index (Phi) is 5.32. The van der Waals surface area contributed by atoms with Gasteiger partial charge in [0.15, 0.2) is 0 Å². The molecule has 0 bridgehead atoms. The topological polar surface area (TPSA) is 88.6 Å². The molecule has 0 unspecified atom stereocenters. The molecule has 7 nitrogen and oxygen atoms in total. The third-order valence-corrected chi connectivity index (χ3v) is 6.93. The van der Waals surface area contributed by atoms with Crippen LogP contribution in [0.2, 0.25) is 0 Å². The van der Waals surface area contributed by atoms with Crippen molar-refractivity contribution in [3.8, 4) is 5.88 Å². The van der Waals surface area contributed by atoms with Crippen molar-refractivity contribution in [3.63, 3.8) is 0 Å². The second-order valence-electron chi connectivity index (χ2n) is 7.18. The summed E-state index contributed by atoms with van der Waals surface area (Å²) >= 11 is 0. The van der Waals surface area contributed by atoms with Crippen LogP contribution in [0.1, 0.15) is 25.7 Å². The zero-order valence-corrected chi connectivity index (χ0v) is 16.3. The summed E-state index contributed by atoms with van der Waals surface area (Å²) in [7, 11) is -3.46. The van der Waals surface area contributed by atoms with Crippen LogP contribution in [0.4, 0.5) is 5.69 Å². The monoisotopic (exact) mass is 401 g/mol. The first kappa shape index (κ1) is 18.9. The van der Waals surface area contributed by atoms with E-state index in [-0.39, 0.29) is 17.9 Å². The van der Waals surface area contributed by atoms with Crippen molar-refractivity contribution in [1.29, 1.82) is 0 Å². The number of hydrogen-bond donors (Lipinski definition) is 1. The van der Waals surface area contributed by atoms with E-state index in [0.717, 1.165) is 12.8 Å². The van der Waals surface area contributed by atoms with Crippen molar-refractivity contribution in [1.82, 2.24) is 9.29 Å². The van der Waals surface area contributed by atoms with Crippen LogP contribution in [0.3, 0.4) is 0 Å². The van der Waals surface area contributed by atoms with Crippen LogP contribution in [0, 0.1) is 5.92 Å². The summed E-state index contributed by atoms with van der Waals surface area (Å²) in [5, 5.41) is 2.84. The molecule has 28 heavy (non-hydrogen) atoms. The third-order valence-electron chi connectivity index (χ3n) is 5.02. The molecule has 0 spiro atoms. The minimum atomic E-state index is -3.46. The molecule has 1 aliphatic heterocycles. The minimum Gasteiger partial charge on any atom is -0.474 e. The van der Waals surface area contributed by atoms with Crippen LogP contribution in [0.5, 0.6) is 5.88 Å². The maximum absolute atomic E-state index is 12.7. The summed E-state index contributed by atoms with van der Waals surface area (Å²) in [5.41, 5.74) is 0.660. The molecular formula is C20H23N3O4S. The zero-order chi connectivity index (χ0) is 19.6. The summed E-state index contributed by atoms with van der Waals surface area (Å²) in [6, 6.07) is 12.0. The highest BCUT2D eigenvalue weighted by atomic mass is 32.2. The predicted molar refractivity (Wildman–Crippen MR) is 104 cm³/mol. The lowest BCUT2D eigenvalue weighted by Crippen LogP contribution is -2.41. The van der Waals surface area contributed by atoms with Gasteiger partial charge in [-0.3, -0.25) is 4.79 Å². The normalized spacial score (nSPS) is 18.6. The Morgan fingerprint density at radius 3 is 2.36 bits per heavy atom. The highest BCUT2D eigenvalue weighted by Crippen LogP contribution is 2.30. The molecule has 2 aliphatic rings. The van der Waals surface area contributed by atoms with Crippen LogP contribution >= 0.6 is 0 Å². The number of pyridine rings is 1. The van der Waals surface area contributed by atoms with Gasteiger partial charge in [-0.1, -0.05) is 18.2 Å². The van der Waals surface area contributed by atoms with E-state index in [1.165, 1.54) is 4.31 Å². The van der Waals surface area contributed by atoms with Gasteiger partial charge < -0.3 is 10.1 Å². The molecule has 2 heterocycles. The summed E-state index contributed by atoms with van der Waals surface area (Å²) < 4.78 is 32.7. The summed E-state index contributed by atoms with van der Waals surface area (Å²) in [6.07, 6.45) is 4.63. The Balaban J connectivity index is 1.30. The summed E-state index contributed by atoms with van der Waals surface area (Å²) in [6.45, 7) is 0.828. The lowest BCUT2D eigenvalue weighted by atomic mass is 10.1. The van der Waals surface area contributed by atoms with Crippen LogP contribution in [0.15, 0.2) is 53.6 Å². The molecule has 1 saturated carbocycles. The minimum absolute atomic E-state index is 0.0439. The Morgan fingerprint density at radius 1 is 1.04 bits per heavy atom. The van der Waals surface area contributed by atoms with E-state index < -0.39 is 10.0 Å². The largest absolute Gasteiger partial charge is 0.474 e. The molecule has 2 aromatic rings. The number of hydrogen-bond acceptors (Lipinski definition) is 5. The number of rotatable bonds is 6. The van der Waals surface area contributed by atoms with Crippen molar-refractivity contribution < 1.29 is 17.9 Å². The van der Waals surface area contributed by atoms with Crippen LogP contribution in [0.25, 0.3) is 0 Å². The Hall–Kier alpha value is -2.45. The first-order valence-corrected chi connectivity index (χ1v) is 11.0. The number of nitrogens with zero attached hydrogens (tertiary/aromatic N) is 2. The summed E-state index contributed by atoms with van der Waals surface area (Å²) in [4.78, 5) is 16.3. The standard InChI is InChI=1S/C20H23N3O4S/c24-20(15-6-7-15)22-16-8-9-19(21-14-16)27-17-10-12-23(13-11-17)28(25,26)18-4-2-1-3-5-18/h1-5,8-9,14-15,17H,6-7,10-13H2,(H,22,24). The lowest BCUT2D eigenvalue weighted by molar-refractivity contribution is -0.117. The van der Waals surface area contributed by atoms with Gasteiger partial charge in [0.1, 0.15) is 6.10 Å². The number of sulfonamides is 1. The van der Waals surface area contributed by atoms with Gasteiger partial charge in [0.25, 0.3) is 0 Å². The van der Waals surface area contributed by atoms with E-state index in [1.54, 1.807) is 48.7 Å². The molecule has 148 valence electrons. The molecule has 1 aromatic carbocycles. The number of carbonyl (C=O) groups is 1. The number of carbonyl (C=O) groups excluding carboxylic acids is 1. The van der Waals surface area contributed by atoms with Gasteiger partial charge >= 0.3 is 0 Å². The van der Waals surface area contributed by atoms with Gasteiger partial charge in [-0.25, -0.2) is 13.4 Å². The zero-order valence-electron chi connectivity index (χ0n) is 15.5. The van der Waals surface area contributed by atoms with Gasteiger partial charge in [0.2, 0.25) is 21.8 Å². The Bertz CT molecular complexity index is 920. The lowest BCUT2D eigenvalue weighted by Gasteiger charge is -2.31. The van der Waals surface area contributed by atoms with E-state index in [1.807, 2.05) is 0 Å². The predicted octanol–water partition coefficient (Wildman–Crippen LogP) is 2.66. The fourth-order valence-corrected chi connectivity index (χ4v) is 4.71. The fraction of sp³-hybridized carbons (Fsp3) is 0.400. The number of piperidine rings is 1. The smallest absolute Gasteiger partial charge is 0.243 e. The quantitative estimate of drug-likeness (QED) is 0.804. The van der Waals surface area contributed by atoms with E-state index in [2.05, 4.69) is 10.3 Å². The maximum atomic E-state index is 12.7. The Morgan fingerprint density at radius 2 is 1.75 bits per heavy atom. The summed E-state index contributed by atoms with van der Waals surface area (Å²) in [5.74, 6) is 0.671. The van der Waals surface area contributed by atoms with Crippen molar-refractivity contribution in [2.75, 3.05) is 18.4 Å². The Labute approximate surface area is 164 Å². The van der Waals surface area contributed by atoms with Crippen molar-refractivity contribution in [2.45, 2.75) is 36.7 Å². The average Bonchev–Trinajstić information content (AvgIpc) is 3.56. The molecule has 2 fully saturated rings. The highest BCUT2D eigenvalue weighted by Gasteiger charge is 2.31. The number of aromatic nitrogens is 1. The van der Waals surface area contributed by atoms with Gasteiger partial charge in [-0.05, 0) is 43.9 Å². The molecule has 0 atom stereocenters. The molecule has 8 heteroatoms. The third kappa shape index (κ3) is 4.34. The number of ether oxygens (including phenoxy) is 1. The van der Waals surface area contributed by atoms with Crippen LogP contribution < -0.4 is 10.1 Å². The highest BCUT2D eigenvalue weighted by molar-refractivity contribution is 7.89. The molecular weight excluding hydrogens is 378 g/mol. The molecule has 1 aromatic heterocycles. The molecule has 0 radical (unpaired) electrons. The molecule has 4 rings (SSSR count). The van der Waals surface area contributed by atoms with Crippen molar-refractivity contribution in [2.24, 2.45) is 5.92 Å².